The lowest BCUT2D eigenvalue weighted by Crippen LogP contribution is -2.29. The topological polar surface area (TPSA) is 79.3 Å². The van der Waals surface area contributed by atoms with E-state index in [1.807, 2.05) is 68.4 Å². The van der Waals surface area contributed by atoms with E-state index in [0.717, 1.165) is 16.8 Å². The molecule has 1 N–H and O–H groups in total. The van der Waals surface area contributed by atoms with Gasteiger partial charge < -0.3 is 19.5 Å². The maximum atomic E-state index is 13.7. The second-order valence-corrected chi connectivity index (χ2v) is 11.3. The van der Waals surface area contributed by atoms with Crippen molar-refractivity contribution >= 4 is 28.8 Å². The van der Waals surface area contributed by atoms with Crippen molar-refractivity contribution in [3.63, 3.8) is 0 Å². The van der Waals surface area contributed by atoms with Gasteiger partial charge in [0.15, 0.2) is 11.5 Å². The van der Waals surface area contributed by atoms with E-state index in [4.69, 9.17) is 9.47 Å². The van der Waals surface area contributed by atoms with Crippen LogP contribution in [0.4, 0.5) is 11.4 Å². The van der Waals surface area contributed by atoms with Gasteiger partial charge in [0.05, 0.1) is 11.6 Å². The summed E-state index contributed by atoms with van der Waals surface area (Å²) < 4.78 is 11.4. The molecule has 1 fully saturated rings. The number of ketones is 1. The van der Waals surface area contributed by atoms with Gasteiger partial charge in [0, 0.05) is 37.1 Å². The van der Waals surface area contributed by atoms with Gasteiger partial charge in [-0.2, -0.15) is 0 Å². The fraction of sp³-hybridized carbons (Fsp3) is 0.312. The molecule has 3 aromatic carbocycles. The molecule has 7 heteroatoms. The number of anilines is 2. The van der Waals surface area contributed by atoms with Gasteiger partial charge in [-0.25, -0.2) is 0 Å². The molecule has 0 spiro atoms. The third-order valence-corrected chi connectivity index (χ3v) is 7.33. The minimum Gasteiger partial charge on any atom is -0.507 e. The maximum Gasteiger partial charge on any atom is 0.300 e. The summed E-state index contributed by atoms with van der Waals surface area (Å²) in [5.74, 6) is -0.526. The van der Waals surface area contributed by atoms with Crippen LogP contribution in [0.25, 0.3) is 5.76 Å². The molecule has 0 saturated carbocycles. The van der Waals surface area contributed by atoms with Crippen LogP contribution in [0.3, 0.4) is 0 Å². The van der Waals surface area contributed by atoms with Crippen molar-refractivity contribution in [3.05, 3.63) is 88.5 Å². The van der Waals surface area contributed by atoms with E-state index >= 15 is 0 Å². The summed E-state index contributed by atoms with van der Waals surface area (Å²) in [4.78, 5) is 30.7. The van der Waals surface area contributed by atoms with Gasteiger partial charge in [0.2, 0.25) is 0 Å². The number of fused-ring (bicyclic) bond motifs is 1. The molecular formula is C32H34N2O5. The van der Waals surface area contributed by atoms with Crippen molar-refractivity contribution in [2.45, 2.75) is 39.2 Å². The van der Waals surface area contributed by atoms with Crippen LogP contribution in [0.15, 0.2) is 66.2 Å². The molecule has 1 unspecified atom stereocenters. The van der Waals surface area contributed by atoms with Crippen molar-refractivity contribution in [2.75, 3.05) is 37.1 Å². The SMILES string of the molecule is Cc1ccc(C(C)(C)C)cc1/C(O)=C1\C(=O)C(=O)N(c2ccc3c(c2)OCCO3)C1c1ccc(N(C)C)cc1. The van der Waals surface area contributed by atoms with Crippen LogP contribution in [-0.2, 0) is 15.0 Å². The number of hydrogen-bond donors (Lipinski definition) is 1. The Morgan fingerprint density at radius 2 is 1.59 bits per heavy atom. The summed E-state index contributed by atoms with van der Waals surface area (Å²) in [7, 11) is 3.89. The Kier molecular flexibility index (Phi) is 6.62. The highest BCUT2D eigenvalue weighted by Crippen LogP contribution is 2.45. The zero-order chi connectivity index (χ0) is 28.1. The highest BCUT2D eigenvalue weighted by molar-refractivity contribution is 6.51. The normalized spacial score (nSPS) is 18.4. The summed E-state index contributed by atoms with van der Waals surface area (Å²) in [6.07, 6.45) is 0. The Morgan fingerprint density at radius 3 is 2.23 bits per heavy atom. The first-order valence-electron chi connectivity index (χ1n) is 13.1. The number of nitrogens with zero attached hydrogens (tertiary/aromatic N) is 2. The Balaban J connectivity index is 1.72. The first-order valence-corrected chi connectivity index (χ1v) is 13.1. The zero-order valence-electron chi connectivity index (χ0n) is 23.2. The average molecular weight is 527 g/mol. The van der Waals surface area contributed by atoms with E-state index in [1.165, 1.54) is 4.90 Å². The number of ether oxygens (including phenoxy) is 2. The summed E-state index contributed by atoms with van der Waals surface area (Å²) in [5, 5.41) is 11.7. The monoisotopic (exact) mass is 526 g/mol. The van der Waals surface area contributed by atoms with Crippen LogP contribution in [0.1, 0.15) is 49.1 Å². The minimum absolute atomic E-state index is 0.0571. The largest absolute Gasteiger partial charge is 0.507 e. The third-order valence-electron chi connectivity index (χ3n) is 7.33. The number of hydrogen-bond acceptors (Lipinski definition) is 6. The molecule has 0 radical (unpaired) electrons. The lowest BCUT2D eigenvalue weighted by Gasteiger charge is -2.27. The number of Topliss-reactive ketones (excluding diaryl/α,β-unsaturated/α-hetero) is 1. The highest BCUT2D eigenvalue weighted by atomic mass is 16.6. The van der Waals surface area contributed by atoms with Crippen LogP contribution in [0.5, 0.6) is 11.5 Å². The molecule has 1 amide bonds. The fourth-order valence-corrected chi connectivity index (χ4v) is 5.04. The quantitative estimate of drug-likeness (QED) is 0.265. The van der Waals surface area contributed by atoms with Crippen LogP contribution >= 0.6 is 0 Å². The van der Waals surface area contributed by atoms with Crippen molar-refractivity contribution in [3.8, 4) is 11.5 Å². The van der Waals surface area contributed by atoms with E-state index < -0.39 is 17.7 Å². The van der Waals surface area contributed by atoms with Gasteiger partial charge in [-0.1, -0.05) is 45.0 Å². The fourth-order valence-electron chi connectivity index (χ4n) is 5.04. The number of rotatable bonds is 4. The average Bonchev–Trinajstić information content (AvgIpc) is 3.17. The predicted molar refractivity (Wildman–Crippen MR) is 153 cm³/mol. The highest BCUT2D eigenvalue weighted by Gasteiger charge is 2.47. The van der Waals surface area contributed by atoms with Crippen molar-refractivity contribution in [1.82, 2.24) is 0 Å². The summed E-state index contributed by atoms with van der Waals surface area (Å²) in [6.45, 7) is 9.01. The van der Waals surface area contributed by atoms with E-state index in [0.29, 0.717) is 41.5 Å². The number of aliphatic hydroxyl groups excluding tert-OH is 1. The molecule has 1 atom stereocenters. The second-order valence-electron chi connectivity index (χ2n) is 11.3. The lowest BCUT2D eigenvalue weighted by atomic mass is 9.84. The van der Waals surface area contributed by atoms with Gasteiger partial charge in [-0.3, -0.25) is 14.5 Å². The van der Waals surface area contributed by atoms with Crippen LogP contribution < -0.4 is 19.3 Å². The van der Waals surface area contributed by atoms with Crippen molar-refractivity contribution in [1.29, 1.82) is 0 Å². The summed E-state index contributed by atoms with van der Waals surface area (Å²) >= 11 is 0. The van der Waals surface area contributed by atoms with Crippen LogP contribution in [0, 0.1) is 6.92 Å². The third kappa shape index (κ3) is 4.73. The van der Waals surface area contributed by atoms with Gasteiger partial charge in [-0.15, -0.1) is 0 Å². The molecule has 3 aromatic rings. The molecule has 2 aliphatic rings. The van der Waals surface area contributed by atoms with Crippen molar-refractivity contribution in [2.24, 2.45) is 0 Å². The molecule has 2 aliphatic heterocycles. The zero-order valence-corrected chi connectivity index (χ0v) is 23.2. The molecule has 7 nitrogen and oxygen atoms in total. The minimum atomic E-state index is -0.832. The molecule has 2 heterocycles. The van der Waals surface area contributed by atoms with Crippen molar-refractivity contribution < 1.29 is 24.2 Å². The number of benzene rings is 3. The standard InChI is InChI=1S/C32H34N2O5/c1-19-7-10-21(32(2,3)4)17-24(19)29(35)27-28(20-8-11-22(12-9-20)33(5)6)34(31(37)30(27)36)23-13-14-25-26(18-23)39-16-15-38-25/h7-14,17-18,28,35H,15-16H2,1-6H3/b29-27+. The lowest BCUT2D eigenvalue weighted by molar-refractivity contribution is -0.132. The first-order chi connectivity index (χ1) is 18.5. The van der Waals surface area contributed by atoms with Gasteiger partial charge in [0.25, 0.3) is 11.7 Å². The van der Waals surface area contributed by atoms with Gasteiger partial charge in [0.1, 0.15) is 19.0 Å². The Bertz CT molecular complexity index is 1480. The Morgan fingerprint density at radius 1 is 0.923 bits per heavy atom. The molecular weight excluding hydrogens is 492 g/mol. The number of carbonyl (C=O) groups is 2. The van der Waals surface area contributed by atoms with E-state index in [-0.39, 0.29) is 16.7 Å². The number of aliphatic hydroxyl groups is 1. The Labute approximate surface area is 229 Å². The van der Waals surface area contributed by atoms with E-state index in [9.17, 15) is 14.7 Å². The first kappa shape index (κ1) is 26.4. The predicted octanol–water partition coefficient (Wildman–Crippen LogP) is 5.76. The summed E-state index contributed by atoms with van der Waals surface area (Å²) in [5.41, 5.74) is 4.43. The molecule has 0 aliphatic carbocycles. The molecule has 1 saturated heterocycles. The molecule has 202 valence electrons. The van der Waals surface area contributed by atoms with Crippen LogP contribution in [-0.4, -0.2) is 44.1 Å². The Hall–Kier alpha value is -4.26. The maximum absolute atomic E-state index is 13.7. The smallest absolute Gasteiger partial charge is 0.300 e. The van der Waals surface area contributed by atoms with Gasteiger partial charge in [-0.05, 0) is 59.4 Å². The van der Waals surface area contributed by atoms with Crippen LogP contribution in [0.2, 0.25) is 0 Å². The van der Waals surface area contributed by atoms with E-state index in [1.54, 1.807) is 18.2 Å². The molecule has 5 rings (SSSR count). The summed E-state index contributed by atoms with van der Waals surface area (Å²) in [6, 6.07) is 17.9. The molecule has 0 bridgehead atoms. The molecule has 0 aromatic heterocycles. The molecule has 39 heavy (non-hydrogen) atoms. The van der Waals surface area contributed by atoms with Gasteiger partial charge >= 0.3 is 0 Å². The van der Waals surface area contributed by atoms with E-state index in [2.05, 4.69) is 20.8 Å². The number of amides is 1. The number of aryl methyl sites for hydroxylation is 1. The second kappa shape index (κ2) is 9.80. The number of carbonyl (C=O) groups excluding carboxylic acids is 2.